The molecule has 0 radical (unpaired) electrons. The van der Waals surface area contributed by atoms with Crippen LogP contribution in [0.25, 0.3) is 0 Å². The molecule has 3 atom stereocenters. The lowest BCUT2D eigenvalue weighted by atomic mass is 9.82. The van der Waals surface area contributed by atoms with E-state index in [2.05, 4.69) is 15.5 Å². The van der Waals surface area contributed by atoms with Crippen molar-refractivity contribution in [3.05, 3.63) is 17.5 Å². The number of carbonyl (C=O) groups excluding carboxylic acids is 2. The molecule has 0 spiro atoms. The molecule has 3 rings (SSSR count). The van der Waals surface area contributed by atoms with Crippen LogP contribution < -0.4 is 5.32 Å². The normalized spacial score (nSPS) is 29.2. The Kier molecular flexibility index (Phi) is 2.49. The number of aromatic amines is 1. The molecular formula is C12H12N4O2. The lowest BCUT2D eigenvalue weighted by Gasteiger charge is -2.28. The number of nitriles is 1. The quantitative estimate of drug-likeness (QED) is 0.737. The van der Waals surface area contributed by atoms with E-state index in [1.165, 1.54) is 6.20 Å². The third kappa shape index (κ3) is 1.41. The molecule has 2 N–H and O–H groups in total. The molecule has 18 heavy (non-hydrogen) atoms. The maximum Gasteiger partial charge on any atom is 0.171 e. The number of Topliss-reactive ketones (excluding diaryl/α,β-unsaturated/α-hetero) is 2. The van der Waals surface area contributed by atoms with E-state index in [0.29, 0.717) is 24.2 Å². The molecule has 3 unspecified atom stereocenters. The third-order valence-corrected chi connectivity index (χ3v) is 3.76. The molecule has 1 aromatic rings. The Morgan fingerprint density at radius 1 is 1.56 bits per heavy atom. The Morgan fingerprint density at radius 2 is 2.39 bits per heavy atom. The van der Waals surface area contributed by atoms with E-state index in [9.17, 15) is 9.59 Å². The molecule has 1 fully saturated rings. The van der Waals surface area contributed by atoms with Gasteiger partial charge in [-0.1, -0.05) is 0 Å². The van der Waals surface area contributed by atoms with Gasteiger partial charge < -0.3 is 5.32 Å². The zero-order chi connectivity index (χ0) is 12.7. The second-order valence-electron chi connectivity index (χ2n) is 4.70. The number of nitrogens with zero attached hydrogens (tertiary/aromatic N) is 2. The predicted molar refractivity (Wildman–Crippen MR) is 60.8 cm³/mol. The van der Waals surface area contributed by atoms with Crippen LogP contribution in [0.15, 0.2) is 6.20 Å². The summed E-state index contributed by atoms with van der Waals surface area (Å²) in [5.41, 5.74) is 1.18. The van der Waals surface area contributed by atoms with Gasteiger partial charge in [0.25, 0.3) is 0 Å². The molecule has 0 saturated heterocycles. The summed E-state index contributed by atoms with van der Waals surface area (Å²) >= 11 is 0. The smallest absolute Gasteiger partial charge is 0.171 e. The highest BCUT2D eigenvalue weighted by atomic mass is 16.1. The van der Waals surface area contributed by atoms with E-state index in [0.717, 1.165) is 0 Å². The minimum Gasteiger partial charge on any atom is -0.311 e. The molecule has 2 bridgehead atoms. The number of hydrogen-bond acceptors (Lipinski definition) is 5. The predicted octanol–water partition coefficient (Wildman–Crippen LogP) is 0.150. The number of carbonyl (C=O) groups is 2. The standard InChI is InChI=1S/C12H12N4O2/c13-2-1-3-14-10-6-4-8(17)9(10)11-7(12(6)18)5-15-16-11/h5-6,9-10,14H,1,3-4H2,(H,15,16). The molecule has 1 aromatic heterocycles. The third-order valence-electron chi connectivity index (χ3n) is 3.76. The van der Waals surface area contributed by atoms with Gasteiger partial charge in [0.2, 0.25) is 0 Å². The largest absolute Gasteiger partial charge is 0.311 e. The first-order valence-corrected chi connectivity index (χ1v) is 5.94. The SMILES string of the molecule is N#CCCNC1C2CC(=O)C1c1[nH]ncc1C2=O. The van der Waals surface area contributed by atoms with Gasteiger partial charge in [-0.2, -0.15) is 10.4 Å². The van der Waals surface area contributed by atoms with Gasteiger partial charge in [0.1, 0.15) is 5.78 Å². The summed E-state index contributed by atoms with van der Waals surface area (Å²) in [7, 11) is 0. The van der Waals surface area contributed by atoms with Gasteiger partial charge >= 0.3 is 0 Å². The maximum atomic E-state index is 12.2. The Bertz CT molecular complexity index is 557. The topological polar surface area (TPSA) is 98.6 Å². The molecule has 2 aliphatic carbocycles. The van der Waals surface area contributed by atoms with Crippen LogP contribution in [0.1, 0.15) is 34.8 Å². The summed E-state index contributed by atoms with van der Waals surface area (Å²) in [6, 6.07) is 1.85. The molecule has 92 valence electrons. The van der Waals surface area contributed by atoms with Crippen molar-refractivity contribution in [2.45, 2.75) is 24.8 Å². The fourth-order valence-corrected chi connectivity index (χ4v) is 2.98. The molecular weight excluding hydrogens is 232 g/mol. The number of aromatic nitrogens is 2. The monoisotopic (exact) mass is 244 g/mol. The van der Waals surface area contributed by atoms with E-state index in [1.807, 2.05) is 6.07 Å². The number of nitrogens with one attached hydrogen (secondary N) is 2. The van der Waals surface area contributed by atoms with Gasteiger partial charge in [0.15, 0.2) is 5.78 Å². The highest BCUT2D eigenvalue weighted by Gasteiger charge is 2.52. The Balaban J connectivity index is 1.93. The van der Waals surface area contributed by atoms with Crippen molar-refractivity contribution in [3.8, 4) is 6.07 Å². The number of fused-ring (bicyclic) bond motifs is 4. The number of hydrogen-bond donors (Lipinski definition) is 2. The van der Waals surface area contributed by atoms with Crippen LogP contribution in [0.3, 0.4) is 0 Å². The molecule has 6 nitrogen and oxygen atoms in total. The van der Waals surface area contributed by atoms with Crippen LogP contribution in [-0.4, -0.2) is 34.4 Å². The van der Waals surface area contributed by atoms with E-state index in [4.69, 9.17) is 5.26 Å². The highest BCUT2D eigenvalue weighted by Crippen LogP contribution is 2.43. The first-order chi connectivity index (χ1) is 8.74. The van der Waals surface area contributed by atoms with Crippen molar-refractivity contribution >= 4 is 11.6 Å². The molecule has 2 aliphatic rings. The molecule has 0 aromatic carbocycles. The Hall–Kier alpha value is -2.00. The Morgan fingerprint density at radius 3 is 3.17 bits per heavy atom. The maximum absolute atomic E-state index is 12.2. The van der Waals surface area contributed by atoms with Crippen LogP contribution in [0, 0.1) is 17.2 Å². The zero-order valence-electron chi connectivity index (χ0n) is 9.64. The number of ketones is 2. The van der Waals surface area contributed by atoms with Crippen molar-refractivity contribution in [2.75, 3.05) is 6.54 Å². The van der Waals surface area contributed by atoms with E-state index in [-0.39, 0.29) is 35.9 Å². The number of H-pyrrole nitrogens is 1. The lowest BCUT2D eigenvalue weighted by molar-refractivity contribution is -0.118. The van der Waals surface area contributed by atoms with Crippen molar-refractivity contribution in [2.24, 2.45) is 5.92 Å². The van der Waals surface area contributed by atoms with Crippen LogP contribution in [0.2, 0.25) is 0 Å². The van der Waals surface area contributed by atoms with Crippen LogP contribution in [0.5, 0.6) is 0 Å². The fraction of sp³-hybridized carbons (Fsp3) is 0.500. The average Bonchev–Trinajstić information content (AvgIpc) is 2.91. The summed E-state index contributed by atoms with van der Waals surface area (Å²) in [6.07, 6.45) is 2.16. The summed E-state index contributed by atoms with van der Waals surface area (Å²) < 4.78 is 0. The Labute approximate surface area is 103 Å². The van der Waals surface area contributed by atoms with E-state index >= 15 is 0 Å². The van der Waals surface area contributed by atoms with E-state index in [1.54, 1.807) is 0 Å². The second-order valence-corrected chi connectivity index (χ2v) is 4.70. The molecule has 6 heteroatoms. The van der Waals surface area contributed by atoms with Crippen molar-refractivity contribution < 1.29 is 9.59 Å². The minimum absolute atomic E-state index is 0.0182. The highest BCUT2D eigenvalue weighted by molar-refractivity contribution is 6.09. The van der Waals surface area contributed by atoms with Gasteiger partial charge in [-0.05, 0) is 0 Å². The van der Waals surface area contributed by atoms with Crippen LogP contribution in [-0.2, 0) is 4.79 Å². The summed E-state index contributed by atoms with van der Waals surface area (Å²) in [6.45, 7) is 0.498. The summed E-state index contributed by atoms with van der Waals surface area (Å²) in [5.74, 6) is -0.559. The van der Waals surface area contributed by atoms with Gasteiger partial charge in [-0.3, -0.25) is 14.7 Å². The van der Waals surface area contributed by atoms with E-state index < -0.39 is 0 Å². The number of rotatable bonds is 3. The second kappa shape index (κ2) is 4.03. The lowest BCUT2D eigenvalue weighted by Crippen LogP contribution is -2.44. The molecule has 0 amide bonds. The first-order valence-electron chi connectivity index (χ1n) is 5.94. The molecule has 1 heterocycles. The summed E-state index contributed by atoms with van der Waals surface area (Å²) in [5, 5.41) is 18.3. The average molecular weight is 244 g/mol. The van der Waals surface area contributed by atoms with Crippen molar-refractivity contribution in [1.29, 1.82) is 5.26 Å². The van der Waals surface area contributed by atoms with Crippen LogP contribution >= 0.6 is 0 Å². The zero-order valence-corrected chi connectivity index (χ0v) is 9.64. The van der Waals surface area contributed by atoms with Gasteiger partial charge in [0.05, 0.1) is 29.4 Å². The summed E-state index contributed by atoms with van der Waals surface area (Å²) in [4.78, 5) is 24.2. The van der Waals surface area contributed by atoms with Crippen molar-refractivity contribution in [3.63, 3.8) is 0 Å². The van der Waals surface area contributed by atoms with Gasteiger partial charge in [0, 0.05) is 31.3 Å². The van der Waals surface area contributed by atoms with Gasteiger partial charge in [-0.25, -0.2) is 0 Å². The van der Waals surface area contributed by atoms with Gasteiger partial charge in [-0.15, -0.1) is 0 Å². The minimum atomic E-state index is -0.316. The molecule has 1 saturated carbocycles. The fourth-order valence-electron chi connectivity index (χ4n) is 2.98. The van der Waals surface area contributed by atoms with Crippen LogP contribution in [0.4, 0.5) is 0 Å². The van der Waals surface area contributed by atoms with Crippen molar-refractivity contribution in [1.82, 2.24) is 15.5 Å². The first kappa shape index (κ1) is 11.1. The molecule has 0 aliphatic heterocycles.